The number of sulfonamides is 1. The first-order valence-electron chi connectivity index (χ1n) is 6.59. The summed E-state index contributed by atoms with van der Waals surface area (Å²) in [6.45, 7) is 1.92. The molecule has 0 saturated heterocycles. The lowest BCUT2D eigenvalue weighted by molar-refractivity contribution is 0.601. The molecule has 4 nitrogen and oxygen atoms in total. The van der Waals surface area contributed by atoms with Crippen LogP contribution in [-0.4, -0.2) is 13.4 Å². The number of hydrogen-bond donors (Lipinski definition) is 1. The molecule has 22 heavy (non-hydrogen) atoms. The molecule has 0 radical (unpaired) electrons. The molecule has 6 heteroatoms. The van der Waals surface area contributed by atoms with Gasteiger partial charge in [0.1, 0.15) is 0 Å². The first-order chi connectivity index (χ1) is 10.5. The van der Waals surface area contributed by atoms with E-state index in [0.29, 0.717) is 10.7 Å². The topological polar surface area (TPSA) is 59.1 Å². The fraction of sp³-hybridized carbons (Fsp3) is 0.0625. The number of rotatable bonds is 3. The van der Waals surface area contributed by atoms with Gasteiger partial charge in [-0.1, -0.05) is 17.7 Å². The van der Waals surface area contributed by atoms with Crippen molar-refractivity contribution in [2.24, 2.45) is 0 Å². The molecule has 0 spiro atoms. The van der Waals surface area contributed by atoms with E-state index in [1.807, 2.05) is 19.1 Å². The van der Waals surface area contributed by atoms with Crippen molar-refractivity contribution >= 4 is 38.1 Å². The van der Waals surface area contributed by atoms with Gasteiger partial charge in [-0.15, -0.1) is 0 Å². The SMILES string of the molecule is Cc1nccc2cc(NS(=O)(=O)c3ccc(Cl)cc3)ccc12. The van der Waals surface area contributed by atoms with E-state index in [1.165, 1.54) is 12.1 Å². The average molecular weight is 333 g/mol. The van der Waals surface area contributed by atoms with Crippen molar-refractivity contribution in [3.63, 3.8) is 0 Å². The summed E-state index contributed by atoms with van der Waals surface area (Å²) in [5, 5.41) is 2.42. The molecule has 0 saturated carbocycles. The number of benzene rings is 2. The minimum atomic E-state index is -3.63. The van der Waals surface area contributed by atoms with Gasteiger partial charge in [0.05, 0.1) is 4.90 Å². The van der Waals surface area contributed by atoms with E-state index in [0.717, 1.165) is 16.5 Å². The van der Waals surface area contributed by atoms with Crippen LogP contribution in [0.3, 0.4) is 0 Å². The number of aryl methyl sites for hydroxylation is 1. The predicted octanol–water partition coefficient (Wildman–Crippen LogP) is 4.00. The summed E-state index contributed by atoms with van der Waals surface area (Å²) in [4.78, 5) is 4.39. The lowest BCUT2D eigenvalue weighted by Crippen LogP contribution is -2.12. The molecule has 3 rings (SSSR count). The number of anilines is 1. The third-order valence-electron chi connectivity index (χ3n) is 3.34. The number of halogens is 1. The summed E-state index contributed by atoms with van der Waals surface area (Å²) in [5.41, 5.74) is 1.41. The fourth-order valence-electron chi connectivity index (χ4n) is 2.22. The Bertz CT molecular complexity index is 938. The van der Waals surface area contributed by atoms with E-state index in [1.54, 1.807) is 30.5 Å². The highest BCUT2D eigenvalue weighted by Crippen LogP contribution is 2.23. The molecule has 0 atom stereocenters. The second kappa shape index (κ2) is 5.59. The van der Waals surface area contributed by atoms with Crippen molar-refractivity contribution in [3.8, 4) is 0 Å². The molecule has 0 aliphatic carbocycles. The van der Waals surface area contributed by atoms with Crippen LogP contribution in [0.15, 0.2) is 59.6 Å². The molecule has 0 fully saturated rings. The summed E-state index contributed by atoms with van der Waals surface area (Å²) in [6.07, 6.45) is 1.70. The van der Waals surface area contributed by atoms with E-state index in [-0.39, 0.29) is 4.90 Å². The van der Waals surface area contributed by atoms with E-state index in [2.05, 4.69) is 9.71 Å². The van der Waals surface area contributed by atoms with Crippen LogP contribution in [0.25, 0.3) is 10.8 Å². The fourth-order valence-corrected chi connectivity index (χ4v) is 3.40. The third kappa shape index (κ3) is 2.91. The van der Waals surface area contributed by atoms with Gasteiger partial charge >= 0.3 is 0 Å². The number of nitrogens with zero attached hydrogens (tertiary/aromatic N) is 1. The minimum absolute atomic E-state index is 0.169. The summed E-state index contributed by atoms with van der Waals surface area (Å²) in [5.74, 6) is 0. The lowest BCUT2D eigenvalue weighted by atomic mass is 10.1. The van der Waals surface area contributed by atoms with Crippen molar-refractivity contribution in [2.45, 2.75) is 11.8 Å². The molecule has 1 N–H and O–H groups in total. The number of fused-ring (bicyclic) bond motifs is 1. The summed E-state index contributed by atoms with van der Waals surface area (Å²) >= 11 is 5.78. The molecule has 2 aromatic carbocycles. The second-order valence-corrected chi connectivity index (χ2v) is 7.01. The van der Waals surface area contributed by atoms with Gasteiger partial charge < -0.3 is 0 Å². The third-order valence-corrected chi connectivity index (χ3v) is 4.99. The van der Waals surface area contributed by atoms with Crippen molar-refractivity contribution in [2.75, 3.05) is 4.72 Å². The highest BCUT2D eigenvalue weighted by molar-refractivity contribution is 7.92. The van der Waals surface area contributed by atoms with Crippen LogP contribution in [0, 0.1) is 6.92 Å². The maximum Gasteiger partial charge on any atom is 0.261 e. The molecule has 0 unspecified atom stereocenters. The van der Waals surface area contributed by atoms with Gasteiger partial charge in [0.15, 0.2) is 0 Å². The van der Waals surface area contributed by atoms with Crippen molar-refractivity contribution in [1.82, 2.24) is 4.98 Å². The number of aromatic nitrogens is 1. The van der Waals surface area contributed by atoms with Gasteiger partial charge in [0.2, 0.25) is 0 Å². The highest BCUT2D eigenvalue weighted by atomic mass is 35.5. The van der Waals surface area contributed by atoms with Crippen LogP contribution in [0.5, 0.6) is 0 Å². The molecule has 1 heterocycles. The van der Waals surface area contributed by atoms with Crippen LogP contribution in [0.2, 0.25) is 5.02 Å². The van der Waals surface area contributed by atoms with Crippen LogP contribution >= 0.6 is 11.6 Å². The van der Waals surface area contributed by atoms with Crippen LogP contribution < -0.4 is 4.72 Å². The quantitative estimate of drug-likeness (QED) is 0.788. The minimum Gasteiger partial charge on any atom is -0.280 e. The van der Waals surface area contributed by atoms with Gasteiger partial charge in [-0.2, -0.15) is 0 Å². The summed E-state index contributed by atoms with van der Waals surface area (Å²) < 4.78 is 27.3. The Kier molecular flexibility index (Phi) is 3.76. The number of nitrogens with one attached hydrogen (secondary N) is 1. The Hall–Kier alpha value is -2.11. The zero-order chi connectivity index (χ0) is 15.7. The highest BCUT2D eigenvalue weighted by Gasteiger charge is 2.14. The maximum atomic E-state index is 12.3. The maximum absolute atomic E-state index is 12.3. The Balaban J connectivity index is 1.97. The molecular weight excluding hydrogens is 320 g/mol. The first kappa shape index (κ1) is 14.8. The zero-order valence-electron chi connectivity index (χ0n) is 11.7. The first-order valence-corrected chi connectivity index (χ1v) is 8.45. The van der Waals surface area contributed by atoms with Crippen molar-refractivity contribution in [1.29, 1.82) is 0 Å². The monoisotopic (exact) mass is 332 g/mol. The smallest absolute Gasteiger partial charge is 0.261 e. The Morgan fingerprint density at radius 3 is 2.50 bits per heavy atom. The van der Waals surface area contributed by atoms with E-state index in [9.17, 15) is 8.42 Å². The molecule has 0 aliphatic rings. The molecule has 0 bridgehead atoms. The number of pyridine rings is 1. The zero-order valence-corrected chi connectivity index (χ0v) is 13.3. The van der Waals surface area contributed by atoms with E-state index in [4.69, 9.17) is 11.6 Å². The van der Waals surface area contributed by atoms with Crippen LogP contribution in [0.4, 0.5) is 5.69 Å². The summed E-state index contributed by atoms with van der Waals surface area (Å²) in [7, 11) is -3.63. The van der Waals surface area contributed by atoms with E-state index >= 15 is 0 Å². The molecular formula is C16H13ClN2O2S. The second-order valence-electron chi connectivity index (χ2n) is 4.89. The normalized spacial score (nSPS) is 11.5. The standard InChI is InChI=1S/C16H13ClN2O2S/c1-11-16-7-4-14(10-12(16)8-9-18-11)19-22(20,21)15-5-2-13(17)3-6-15/h2-10,19H,1H3. The molecule has 3 aromatic rings. The molecule has 0 aliphatic heterocycles. The van der Waals surface area contributed by atoms with Crippen molar-refractivity contribution in [3.05, 3.63) is 65.4 Å². The van der Waals surface area contributed by atoms with Gasteiger partial charge in [-0.25, -0.2) is 8.42 Å². The van der Waals surface area contributed by atoms with Gasteiger partial charge in [0.25, 0.3) is 10.0 Å². The Morgan fingerprint density at radius 2 is 1.77 bits per heavy atom. The number of hydrogen-bond acceptors (Lipinski definition) is 3. The average Bonchev–Trinajstić information content (AvgIpc) is 2.47. The van der Waals surface area contributed by atoms with Crippen molar-refractivity contribution < 1.29 is 8.42 Å². The molecule has 1 aromatic heterocycles. The Labute approximate surface area is 133 Å². The lowest BCUT2D eigenvalue weighted by Gasteiger charge is -2.09. The largest absolute Gasteiger partial charge is 0.280 e. The Morgan fingerprint density at radius 1 is 1.05 bits per heavy atom. The molecule has 112 valence electrons. The summed E-state index contributed by atoms with van der Waals surface area (Å²) in [6, 6.07) is 13.3. The molecule has 0 amide bonds. The van der Waals surface area contributed by atoms with Gasteiger partial charge in [-0.3, -0.25) is 9.71 Å². The van der Waals surface area contributed by atoms with Gasteiger partial charge in [0, 0.05) is 28.0 Å². The van der Waals surface area contributed by atoms with E-state index < -0.39 is 10.0 Å². The van der Waals surface area contributed by atoms with Crippen LogP contribution in [-0.2, 0) is 10.0 Å². The van der Waals surface area contributed by atoms with Crippen LogP contribution in [0.1, 0.15) is 5.69 Å². The predicted molar refractivity (Wildman–Crippen MR) is 88.7 cm³/mol. The van der Waals surface area contributed by atoms with Gasteiger partial charge in [-0.05, 0) is 54.8 Å².